The van der Waals surface area contributed by atoms with Crippen LogP contribution in [0.15, 0.2) is 18.2 Å². The molecule has 1 aromatic heterocycles. The number of nitrogens with zero attached hydrogens (tertiary/aromatic N) is 4. The summed E-state index contributed by atoms with van der Waals surface area (Å²) in [6.07, 6.45) is 5.87. The van der Waals surface area contributed by atoms with E-state index in [0.717, 1.165) is 24.3 Å². The summed E-state index contributed by atoms with van der Waals surface area (Å²) in [4.78, 5) is 0. The number of aromatic nitrogens is 4. The molecule has 2 unspecified atom stereocenters. The molecule has 6 heteroatoms. The Morgan fingerprint density at radius 2 is 2.24 bits per heavy atom. The van der Waals surface area contributed by atoms with Gasteiger partial charge in [0.1, 0.15) is 5.82 Å². The summed E-state index contributed by atoms with van der Waals surface area (Å²) in [6, 6.07) is 4.95. The summed E-state index contributed by atoms with van der Waals surface area (Å²) in [5.41, 5.74) is 6.53. The Bertz CT molecular complexity index is 624. The van der Waals surface area contributed by atoms with Gasteiger partial charge in [-0.1, -0.05) is 26.2 Å². The highest BCUT2D eigenvalue weighted by Gasteiger charge is 2.25. The number of benzene rings is 1. The van der Waals surface area contributed by atoms with E-state index in [9.17, 15) is 4.39 Å². The fourth-order valence-corrected chi connectivity index (χ4v) is 3.17. The minimum atomic E-state index is -0.415. The van der Waals surface area contributed by atoms with Crippen molar-refractivity contribution in [3.05, 3.63) is 24.0 Å². The summed E-state index contributed by atoms with van der Waals surface area (Å²) in [5, 5.41) is 12.1. The summed E-state index contributed by atoms with van der Waals surface area (Å²) < 4.78 is 15.2. The van der Waals surface area contributed by atoms with Gasteiger partial charge in [-0.25, -0.2) is 9.07 Å². The second-order valence-corrected chi connectivity index (χ2v) is 5.78. The predicted molar refractivity (Wildman–Crippen MR) is 78.9 cm³/mol. The molecule has 0 amide bonds. The highest BCUT2D eigenvalue weighted by atomic mass is 19.1. The zero-order chi connectivity index (χ0) is 14.8. The smallest absolute Gasteiger partial charge is 0.182 e. The molecular weight excluding hydrogens is 269 g/mol. The molecule has 21 heavy (non-hydrogen) atoms. The van der Waals surface area contributed by atoms with Crippen LogP contribution < -0.4 is 5.73 Å². The number of hydrogen-bond donors (Lipinski definition) is 1. The summed E-state index contributed by atoms with van der Waals surface area (Å²) in [6.45, 7) is 2.23. The van der Waals surface area contributed by atoms with E-state index in [1.807, 2.05) is 4.68 Å². The Morgan fingerprint density at radius 1 is 1.38 bits per heavy atom. The first-order valence-corrected chi connectivity index (χ1v) is 7.52. The number of tetrazole rings is 1. The molecule has 0 spiro atoms. The van der Waals surface area contributed by atoms with Crippen molar-refractivity contribution in [3.63, 3.8) is 0 Å². The zero-order valence-corrected chi connectivity index (χ0v) is 12.2. The third kappa shape index (κ3) is 2.75. The maximum atomic E-state index is 13.3. The largest absolute Gasteiger partial charge is 0.396 e. The van der Waals surface area contributed by atoms with Crippen LogP contribution >= 0.6 is 0 Å². The van der Waals surface area contributed by atoms with Crippen molar-refractivity contribution >= 4 is 5.69 Å². The molecule has 1 aliphatic carbocycles. The molecule has 0 bridgehead atoms. The molecule has 1 saturated carbocycles. The van der Waals surface area contributed by atoms with Crippen molar-refractivity contribution in [3.8, 4) is 11.4 Å². The highest BCUT2D eigenvalue weighted by Crippen LogP contribution is 2.35. The van der Waals surface area contributed by atoms with Gasteiger partial charge in [0.25, 0.3) is 0 Å². The Morgan fingerprint density at radius 3 is 3.00 bits per heavy atom. The van der Waals surface area contributed by atoms with E-state index >= 15 is 0 Å². The first-order valence-electron chi connectivity index (χ1n) is 7.52. The van der Waals surface area contributed by atoms with Crippen molar-refractivity contribution < 1.29 is 4.39 Å². The van der Waals surface area contributed by atoms with E-state index in [2.05, 4.69) is 22.4 Å². The maximum absolute atomic E-state index is 13.3. The van der Waals surface area contributed by atoms with Crippen LogP contribution in [0.25, 0.3) is 11.4 Å². The van der Waals surface area contributed by atoms with Crippen LogP contribution in [0.5, 0.6) is 0 Å². The van der Waals surface area contributed by atoms with E-state index in [1.165, 1.54) is 25.3 Å². The molecule has 1 heterocycles. The van der Waals surface area contributed by atoms with Gasteiger partial charge in [-0.15, -0.1) is 5.10 Å². The average molecular weight is 289 g/mol. The van der Waals surface area contributed by atoms with E-state index in [-0.39, 0.29) is 5.69 Å². The van der Waals surface area contributed by atoms with E-state index in [4.69, 9.17) is 5.73 Å². The first-order chi connectivity index (χ1) is 10.2. The SMILES string of the molecule is CCC1CCCC(n2nnnc2-c2ccc(F)c(N)c2)C1. The standard InChI is InChI=1S/C15H20FN5/c1-2-10-4-3-5-12(8-10)21-15(18-19-20-21)11-6-7-13(16)14(17)9-11/h6-7,9-10,12H,2-5,8,17H2,1H3. The third-order valence-electron chi connectivity index (χ3n) is 4.43. The minimum absolute atomic E-state index is 0.122. The molecule has 2 atom stereocenters. The van der Waals surface area contributed by atoms with Gasteiger partial charge in [-0.05, 0) is 47.4 Å². The van der Waals surface area contributed by atoms with Gasteiger partial charge in [-0.2, -0.15) is 0 Å². The lowest BCUT2D eigenvalue weighted by Crippen LogP contribution is -2.20. The van der Waals surface area contributed by atoms with Crippen molar-refractivity contribution in [2.45, 2.75) is 45.1 Å². The number of nitrogen functional groups attached to an aromatic ring is 1. The monoisotopic (exact) mass is 289 g/mol. The van der Waals surface area contributed by atoms with Gasteiger partial charge in [0.2, 0.25) is 0 Å². The molecular formula is C15H20FN5. The molecule has 5 nitrogen and oxygen atoms in total. The first kappa shape index (κ1) is 14.0. The van der Waals surface area contributed by atoms with E-state index in [0.29, 0.717) is 11.9 Å². The van der Waals surface area contributed by atoms with Crippen LogP contribution in [0, 0.1) is 11.7 Å². The molecule has 0 radical (unpaired) electrons. The lowest BCUT2D eigenvalue weighted by atomic mass is 9.84. The van der Waals surface area contributed by atoms with Crippen LogP contribution in [0.3, 0.4) is 0 Å². The minimum Gasteiger partial charge on any atom is -0.396 e. The molecule has 1 fully saturated rings. The average Bonchev–Trinajstić information content (AvgIpc) is 2.99. The number of anilines is 1. The maximum Gasteiger partial charge on any atom is 0.182 e. The molecule has 0 saturated heterocycles. The Balaban J connectivity index is 1.91. The van der Waals surface area contributed by atoms with Gasteiger partial charge in [0.05, 0.1) is 11.7 Å². The van der Waals surface area contributed by atoms with Crippen molar-refractivity contribution in [1.82, 2.24) is 20.2 Å². The van der Waals surface area contributed by atoms with Crippen LogP contribution in [0.4, 0.5) is 10.1 Å². The number of hydrogen-bond acceptors (Lipinski definition) is 4. The van der Waals surface area contributed by atoms with Crippen LogP contribution in [-0.2, 0) is 0 Å². The zero-order valence-electron chi connectivity index (χ0n) is 12.2. The van der Waals surface area contributed by atoms with Gasteiger partial charge in [0, 0.05) is 5.56 Å². The lowest BCUT2D eigenvalue weighted by Gasteiger charge is -2.28. The van der Waals surface area contributed by atoms with E-state index < -0.39 is 5.82 Å². The third-order valence-corrected chi connectivity index (χ3v) is 4.43. The molecule has 3 rings (SSSR count). The summed E-state index contributed by atoms with van der Waals surface area (Å²) >= 11 is 0. The Labute approximate surface area is 123 Å². The Kier molecular flexibility index (Phi) is 3.86. The molecule has 0 aliphatic heterocycles. The second kappa shape index (κ2) is 5.79. The quantitative estimate of drug-likeness (QED) is 0.881. The van der Waals surface area contributed by atoms with Gasteiger partial charge < -0.3 is 5.73 Å². The Hall–Kier alpha value is -1.98. The molecule has 2 N–H and O–H groups in total. The topological polar surface area (TPSA) is 69.6 Å². The fraction of sp³-hybridized carbons (Fsp3) is 0.533. The summed E-state index contributed by atoms with van der Waals surface area (Å²) in [7, 11) is 0. The van der Waals surface area contributed by atoms with Crippen molar-refractivity contribution in [2.75, 3.05) is 5.73 Å². The number of nitrogens with two attached hydrogens (primary N) is 1. The normalized spacial score (nSPS) is 22.4. The molecule has 112 valence electrons. The number of rotatable bonds is 3. The van der Waals surface area contributed by atoms with Crippen LogP contribution in [-0.4, -0.2) is 20.2 Å². The lowest BCUT2D eigenvalue weighted by molar-refractivity contribution is 0.246. The molecule has 1 aliphatic rings. The highest BCUT2D eigenvalue weighted by molar-refractivity contribution is 5.61. The van der Waals surface area contributed by atoms with Gasteiger partial charge >= 0.3 is 0 Å². The van der Waals surface area contributed by atoms with Gasteiger partial charge in [-0.3, -0.25) is 0 Å². The second-order valence-electron chi connectivity index (χ2n) is 5.78. The summed E-state index contributed by atoms with van der Waals surface area (Å²) in [5.74, 6) is 0.990. The fourth-order valence-electron chi connectivity index (χ4n) is 3.17. The predicted octanol–water partition coefficient (Wildman–Crippen LogP) is 3.20. The van der Waals surface area contributed by atoms with Crippen LogP contribution in [0.2, 0.25) is 0 Å². The van der Waals surface area contributed by atoms with E-state index in [1.54, 1.807) is 12.1 Å². The number of halogens is 1. The van der Waals surface area contributed by atoms with Gasteiger partial charge in [0.15, 0.2) is 5.82 Å². The van der Waals surface area contributed by atoms with Crippen molar-refractivity contribution in [2.24, 2.45) is 5.92 Å². The van der Waals surface area contributed by atoms with Crippen LogP contribution in [0.1, 0.15) is 45.1 Å². The molecule has 2 aromatic rings. The van der Waals surface area contributed by atoms with Crippen molar-refractivity contribution in [1.29, 1.82) is 0 Å². The molecule has 1 aromatic carbocycles.